The van der Waals surface area contributed by atoms with Crippen molar-refractivity contribution < 1.29 is 18.3 Å². The molecule has 2 aliphatic heterocycles. The molecule has 0 aliphatic carbocycles. The lowest BCUT2D eigenvalue weighted by Gasteiger charge is -2.37. The first-order valence-corrected chi connectivity index (χ1v) is 11.3. The molecule has 2 aliphatic rings. The number of nitrogens with zero attached hydrogens (tertiary/aromatic N) is 4. The Kier molecular flexibility index (Phi) is 9.33. The summed E-state index contributed by atoms with van der Waals surface area (Å²) in [5.41, 5.74) is 1.60. The molecule has 0 radical (unpaired) electrons. The number of piperazine rings is 1. The molecule has 10 heteroatoms. The first-order chi connectivity index (χ1) is 15.5. The molecule has 1 aromatic carbocycles. The number of aliphatic imine (C=N–C) groups is 1. The predicted octanol–water partition coefficient (Wildman–Crippen LogP) is 2.44. The van der Waals surface area contributed by atoms with Crippen molar-refractivity contribution in [3.63, 3.8) is 0 Å². The van der Waals surface area contributed by atoms with Crippen molar-refractivity contribution in [3.05, 3.63) is 35.3 Å². The molecule has 0 unspecified atom stereocenters. The van der Waals surface area contributed by atoms with Gasteiger partial charge in [0.2, 0.25) is 5.91 Å². The number of benzene rings is 1. The first-order valence-electron chi connectivity index (χ1n) is 11.3. The number of hydrogen-bond acceptors (Lipinski definition) is 5. The van der Waals surface area contributed by atoms with E-state index in [1.54, 1.807) is 6.07 Å². The van der Waals surface area contributed by atoms with Gasteiger partial charge in [0.25, 0.3) is 0 Å². The number of carbonyl (C=O) groups is 1. The molecule has 2 saturated heterocycles. The van der Waals surface area contributed by atoms with E-state index in [-0.39, 0.29) is 35.7 Å². The third-order valence-electron chi connectivity index (χ3n) is 6.10. The van der Waals surface area contributed by atoms with Crippen molar-refractivity contribution in [2.24, 2.45) is 4.99 Å². The number of fused-ring (bicyclic) bond motifs is 1. The van der Waals surface area contributed by atoms with Gasteiger partial charge < -0.3 is 24.3 Å². The normalized spacial score (nSPS) is 17.8. The number of hydrogen-bond donors (Lipinski definition) is 1. The van der Waals surface area contributed by atoms with Gasteiger partial charge in [-0.1, -0.05) is 0 Å². The molecule has 8 nitrogen and oxygen atoms in total. The number of nitrogens with one attached hydrogen (secondary N) is 1. The highest BCUT2D eigenvalue weighted by Crippen LogP contribution is 2.26. The monoisotopic (exact) mass is 573 g/mol. The fourth-order valence-electron chi connectivity index (χ4n) is 4.19. The number of amides is 1. The molecule has 0 saturated carbocycles. The second-order valence-corrected chi connectivity index (χ2v) is 8.22. The van der Waals surface area contributed by atoms with E-state index >= 15 is 0 Å². The summed E-state index contributed by atoms with van der Waals surface area (Å²) in [6.07, 6.45) is 0. The summed E-state index contributed by atoms with van der Waals surface area (Å²) in [7, 11) is 0. The minimum atomic E-state index is -0.269. The van der Waals surface area contributed by atoms with E-state index in [0.717, 1.165) is 55.4 Å². The van der Waals surface area contributed by atoms with Gasteiger partial charge in [-0.15, -0.1) is 24.0 Å². The Morgan fingerprint density at radius 1 is 1.12 bits per heavy atom. The molecule has 182 valence electrons. The van der Waals surface area contributed by atoms with Gasteiger partial charge in [0.15, 0.2) is 5.96 Å². The Balaban J connectivity index is 0.00000306. The maximum atomic E-state index is 13.6. The fraction of sp³-hybridized carbons (Fsp3) is 0.565. The van der Waals surface area contributed by atoms with Crippen LogP contribution >= 0.6 is 24.0 Å². The van der Waals surface area contributed by atoms with Crippen LogP contribution in [0.4, 0.5) is 4.39 Å². The highest BCUT2D eigenvalue weighted by Gasteiger charge is 2.24. The zero-order valence-electron chi connectivity index (χ0n) is 19.3. The van der Waals surface area contributed by atoms with Crippen LogP contribution < -0.4 is 5.32 Å². The first kappa shape index (κ1) is 25.7. The van der Waals surface area contributed by atoms with Crippen LogP contribution in [0.1, 0.15) is 18.2 Å². The molecule has 3 heterocycles. The molecule has 1 amide bonds. The molecule has 33 heavy (non-hydrogen) atoms. The van der Waals surface area contributed by atoms with Gasteiger partial charge in [-0.3, -0.25) is 9.69 Å². The van der Waals surface area contributed by atoms with Crippen LogP contribution in [0, 0.1) is 12.7 Å². The molecule has 2 aromatic rings. The summed E-state index contributed by atoms with van der Waals surface area (Å²) in [4.78, 5) is 23.6. The van der Waals surface area contributed by atoms with E-state index in [0.29, 0.717) is 45.0 Å². The molecule has 0 bridgehead atoms. The highest BCUT2D eigenvalue weighted by molar-refractivity contribution is 14.0. The average molecular weight is 573 g/mol. The Morgan fingerprint density at radius 2 is 1.85 bits per heavy atom. The van der Waals surface area contributed by atoms with E-state index < -0.39 is 0 Å². The van der Waals surface area contributed by atoms with E-state index in [1.807, 2.05) is 18.7 Å². The predicted molar refractivity (Wildman–Crippen MR) is 137 cm³/mol. The quantitative estimate of drug-likeness (QED) is 0.337. The average Bonchev–Trinajstić information content (AvgIpc) is 3.12. The Labute approximate surface area is 211 Å². The van der Waals surface area contributed by atoms with Crippen LogP contribution in [0.2, 0.25) is 0 Å². The van der Waals surface area contributed by atoms with Crippen molar-refractivity contribution in [1.29, 1.82) is 0 Å². The molecule has 0 atom stereocenters. The van der Waals surface area contributed by atoms with Crippen molar-refractivity contribution >= 4 is 46.8 Å². The van der Waals surface area contributed by atoms with Gasteiger partial charge in [0.05, 0.1) is 19.8 Å². The van der Waals surface area contributed by atoms with Gasteiger partial charge in [0, 0.05) is 56.8 Å². The molecule has 1 N–H and O–H groups in total. The number of guanidine groups is 1. The summed E-state index contributed by atoms with van der Waals surface area (Å²) in [5.74, 6) is 1.49. The van der Waals surface area contributed by atoms with E-state index in [4.69, 9.17) is 14.1 Å². The van der Waals surface area contributed by atoms with Gasteiger partial charge >= 0.3 is 0 Å². The molecular weight excluding hydrogens is 540 g/mol. The topological polar surface area (TPSA) is 73.6 Å². The van der Waals surface area contributed by atoms with Crippen molar-refractivity contribution in [3.8, 4) is 0 Å². The third-order valence-corrected chi connectivity index (χ3v) is 6.10. The third kappa shape index (κ3) is 6.36. The summed E-state index contributed by atoms with van der Waals surface area (Å²) in [6.45, 7) is 11.4. The fourth-order valence-corrected chi connectivity index (χ4v) is 4.19. The van der Waals surface area contributed by atoms with Crippen LogP contribution in [-0.4, -0.2) is 92.1 Å². The lowest BCUT2D eigenvalue weighted by molar-refractivity contribution is -0.136. The standard InChI is InChI=1S/C23H32FN5O3.HI/c1-3-25-23(26-15-21-17(2)19-14-18(24)4-5-20(19)32-21)29-8-6-27(7-9-29)16-22(30)28-10-12-31-13-11-28;/h4-5,14H,3,6-13,15-16H2,1-2H3,(H,25,26);1H. The highest BCUT2D eigenvalue weighted by atomic mass is 127. The summed E-state index contributed by atoms with van der Waals surface area (Å²) in [6, 6.07) is 4.57. The Bertz CT molecular complexity index is 968. The van der Waals surface area contributed by atoms with Crippen LogP contribution in [0.25, 0.3) is 11.0 Å². The van der Waals surface area contributed by atoms with Gasteiger partial charge in [-0.25, -0.2) is 9.38 Å². The smallest absolute Gasteiger partial charge is 0.236 e. The summed E-state index contributed by atoms with van der Waals surface area (Å²) >= 11 is 0. The molecule has 0 spiro atoms. The van der Waals surface area contributed by atoms with Crippen LogP contribution in [0.5, 0.6) is 0 Å². The van der Waals surface area contributed by atoms with Crippen LogP contribution in [-0.2, 0) is 16.1 Å². The second-order valence-electron chi connectivity index (χ2n) is 8.22. The number of rotatable bonds is 5. The SMILES string of the molecule is CCNC(=NCc1oc2ccc(F)cc2c1C)N1CCN(CC(=O)N2CCOCC2)CC1.I. The number of furan rings is 1. The van der Waals surface area contributed by atoms with Gasteiger partial charge in [-0.2, -0.15) is 0 Å². The maximum Gasteiger partial charge on any atom is 0.236 e. The van der Waals surface area contributed by atoms with Crippen molar-refractivity contribution in [2.45, 2.75) is 20.4 Å². The molecule has 2 fully saturated rings. The van der Waals surface area contributed by atoms with Gasteiger partial charge in [-0.05, 0) is 32.0 Å². The summed E-state index contributed by atoms with van der Waals surface area (Å²) < 4.78 is 24.8. The van der Waals surface area contributed by atoms with E-state index in [9.17, 15) is 9.18 Å². The van der Waals surface area contributed by atoms with Crippen molar-refractivity contribution in [2.75, 3.05) is 65.6 Å². The minimum absolute atomic E-state index is 0. The molecule has 1 aromatic heterocycles. The van der Waals surface area contributed by atoms with Crippen LogP contribution in [0.15, 0.2) is 27.6 Å². The van der Waals surface area contributed by atoms with E-state index in [2.05, 4.69) is 15.1 Å². The number of ether oxygens (including phenoxy) is 1. The lowest BCUT2D eigenvalue weighted by atomic mass is 10.1. The lowest BCUT2D eigenvalue weighted by Crippen LogP contribution is -2.54. The number of morpholine rings is 1. The second kappa shape index (κ2) is 12.0. The van der Waals surface area contributed by atoms with Gasteiger partial charge in [0.1, 0.15) is 23.7 Å². The molecule has 4 rings (SSSR count). The number of halogens is 2. The van der Waals surface area contributed by atoms with Crippen molar-refractivity contribution in [1.82, 2.24) is 20.0 Å². The zero-order valence-corrected chi connectivity index (χ0v) is 21.6. The minimum Gasteiger partial charge on any atom is -0.459 e. The van der Waals surface area contributed by atoms with E-state index in [1.165, 1.54) is 12.1 Å². The number of aryl methyl sites for hydroxylation is 1. The Hall–Kier alpha value is -1.92. The Morgan fingerprint density at radius 3 is 2.55 bits per heavy atom. The largest absolute Gasteiger partial charge is 0.459 e. The molecular formula is C23H33FIN5O3. The summed E-state index contributed by atoms with van der Waals surface area (Å²) in [5, 5.41) is 4.15. The van der Waals surface area contributed by atoms with Crippen LogP contribution in [0.3, 0.4) is 0 Å². The maximum absolute atomic E-state index is 13.6. The zero-order chi connectivity index (χ0) is 22.5. The number of carbonyl (C=O) groups excluding carboxylic acids is 1.